The zero-order chi connectivity index (χ0) is 15.2. The first kappa shape index (κ1) is 16.0. The second-order valence-electron chi connectivity index (χ2n) is 6.43. The standard InChI is InChI=1S/C18H27NO2/c1-14(2)15-8-9-18(21)19(12-10-15)13-11-17(20)16-6-4-3-5-7-16/h3-7,14-15,17,20H,8-13H2,1-2H3. The van der Waals surface area contributed by atoms with Gasteiger partial charge in [0.25, 0.3) is 0 Å². The lowest BCUT2D eigenvalue weighted by atomic mass is 9.89. The predicted octanol–water partition coefficient (Wildman–Crippen LogP) is 3.39. The van der Waals surface area contributed by atoms with Crippen LogP contribution in [0.15, 0.2) is 30.3 Å². The zero-order valence-electron chi connectivity index (χ0n) is 13.2. The van der Waals surface area contributed by atoms with Gasteiger partial charge in [0.05, 0.1) is 6.10 Å². The first-order valence-corrected chi connectivity index (χ1v) is 8.08. The van der Waals surface area contributed by atoms with Crippen molar-refractivity contribution in [2.45, 2.75) is 45.6 Å². The number of benzene rings is 1. The topological polar surface area (TPSA) is 40.5 Å². The van der Waals surface area contributed by atoms with Gasteiger partial charge in [-0.05, 0) is 36.7 Å². The maximum Gasteiger partial charge on any atom is 0.222 e. The molecule has 1 aromatic carbocycles. The fourth-order valence-corrected chi connectivity index (χ4v) is 3.08. The van der Waals surface area contributed by atoms with Crippen molar-refractivity contribution in [1.29, 1.82) is 0 Å². The summed E-state index contributed by atoms with van der Waals surface area (Å²) in [6, 6.07) is 9.68. The smallest absolute Gasteiger partial charge is 0.222 e. The quantitative estimate of drug-likeness (QED) is 0.902. The summed E-state index contributed by atoms with van der Waals surface area (Å²) in [6.07, 6.45) is 2.88. The van der Waals surface area contributed by atoms with Crippen molar-refractivity contribution in [1.82, 2.24) is 4.90 Å². The van der Waals surface area contributed by atoms with E-state index in [-0.39, 0.29) is 5.91 Å². The molecule has 0 bridgehead atoms. The summed E-state index contributed by atoms with van der Waals surface area (Å²) in [4.78, 5) is 14.1. The summed E-state index contributed by atoms with van der Waals surface area (Å²) < 4.78 is 0. The van der Waals surface area contributed by atoms with Crippen LogP contribution in [-0.2, 0) is 4.79 Å². The Morgan fingerprint density at radius 3 is 2.62 bits per heavy atom. The molecule has 21 heavy (non-hydrogen) atoms. The van der Waals surface area contributed by atoms with Crippen LogP contribution in [0.1, 0.15) is 51.2 Å². The fourth-order valence-electron chi connectivity index (χ4n) is 3.08. The van der Waals surface area contributed by atoms with Gasteiger partial charge in [-0.1, -0.05) is 44.2 Å². The lowest BCUT2D eigenvalue weighted by Crippen LogP contribution is -2.32. The van der Waals surface area contributed by atoms with Crippen molar-refractivity contribution in [3.63, 3.8) is 0 Å². The van der Waals surface area contributed by atoms with Gasteiger partial charge in [-0.2, -0.15) is 0 Å². The Kier molecular flexibility index (Phi) is 5.80. The summed E-state index contributed by atoms with van der Waals surface area (Å²) in [5.41, 5.74) is 0.930. The van der Waals surface area contributed by atoms with Gasteiger partial charge in [0, 0.05) is 19.5 Å². The van der Waals surface area contributed by atoms with Crippen LogP contribution in [0.3, 0.4) is 0 Å². The molecule has 1 amide bonds. The van der Waals surface area contributed by atoms with Crippen molar-refractivity contribution < 1.29 is 9.90 Å². The summed E-state index contributed by atoms with van der Waals surface area (Å²) >= 11 is 0. The third-order valence-corrected chi connectivity index (χ3v) is 4.65. The molecule has 0 aromatic heterocycles. The molecule has 1 aliphatic rings. The van der Waals surface area contributed by atoms with E-state index in [4.69, 9.17) is 0 Å². The molecule has 116 valence electrons. The second-order valence-corrected chi connectivity index (χ2v) is 6.43. The van der Waals surface area contributed by atoms with E-state index in [0.717, 1.165) is 24.9 Å². The number of aliphatic hydroxyl groups excluding tert-OH is 1. The van der Waals surface area contributed by atoms with Gasteiger partial charge in [0.2, 0.25) is 5.91 Å². The minimum atomic E-state index is -0.483. The minimum Gasteiger partial charge on any atom is -0.388 e. The van der Waals surface area contributed by atoms with Gasteiger partial charge in [0.1, 0.15) is 0 Å². The normalized spacial score (nSPS) is 21.4. The summed E-state index contributed by atoms with van der Waals surface area (Å²) in [7, 11) is 0. The molecular formula is C18H27NO2. The third-order valence-electron chi connectivity index (χ3n) is 4.65. The molecule has 0 radical (unpaired) electrons. The van der Waals surface area contributed by atoms with Gasteiger partial charge >= 0.3 is 0 Å². The van der Waals surface area contributed by atoms with Crippen molar-refractivity contribution in [3.05, 3.63) is 35.9 Å². The molecule has 3 heteroatoms. The van der Waals surface area contributed by atoms with E-state index in [0.29, 0.717) is 31.2 Å². The Morgan fingerprint density at radius 1 is 1.24 bits per heavy atom. The molecule has 1 N–H and O–H groups in total. The molecule has 2 rings (SSSR count). The molecule has 1 heterocycles. The fraction of sp³-hybridized carbons (Fsp3) is 0.611. The summed E-state index contributed by atoms with van der Waals surface area (Å²) in [5, 5.41) is 10.2. The first-order chi connectivity index (χ1) is 10.1. The van der Waals surface area contributed by atoms with E-state index in [1.807, 2.05) is 35.2 Å². The van der Waals surface area contributed by atoms with Crippen LogP contribution in [0.4, 0.5) is 0 Å². The van der Waals surface area contributed by atoms with E-state index >= 15 is 0 Å². The SMILES string of the molecule is CC(C)C1CCC(=O)N(CCC(O)c2ccccc2)CC1. The molecule has 1 saturated heterocycles. The van der Waals surface area contributed by atoms with Gasteiger partial charge in [0.15, 0.2) is 0 Å². The number of amides is 1. The van der Waals surface area contributed by atoms with Crippen molar-refractivity contribution in [3.8, 4) is 0 Å². The number of rotatable bonds is 5. The maximum atomic E-state index is 12.2. The largest absolute Gasteiger partial charge is 0.388 e. The summed E-state index contributed by atoms with van der Waals surface area (Å²) in [6.45, 7) is 5.97. The average molecular weight is 289 g/mol. The highest BCUT2D eigenvalue weighted by molar-refractivity contribution is 5.76. The number of aliphatic hydroxyl groups is 1. The monoisotopic (exact) mass is 289 g/mol. The molecule has 1 aromatic rings. The Labute approximate surface area is 128 Å². The number of likely N-dealkylation sites (tertiary alicyclic amines) is 1. The van der Waals surface area contributed by atoms with Crippen LogP contribution in [0, 0.1) is 11.8 Å². The summed E-state index contributed by atoms with van der Waals surface area (Å²) in [5.74, 6) is 1.55. The number of hydrogen-bond donors (Lipinski definition) is 1. The second kappa shape index (κ2) is 7.60. The van der Waals surface area contributed by atoms with Gasteiger partial charge in [-0.25, -0.2) is 0 Å². The van der Waals surface area contributed by atoms with E-state index in [2.05, 4.69) is 13.8 Å². The predicted molar refractivity (Wildman–Crippen MR) is 84.8 cm³/mol. The lowest BCUT2D eigenvalue weighted by molar-refractivity contribution is -0.131. The molecule has 2 unspecified atom stereocenters. The lowest BCUT2D eigenvalue weighted by Gasteiger charge is -2.23. The highest BCUT2D eigenvalue weighted by Crippen LogP contribution is 2.26. The maximum absolute atomic E-state index is 12.2. The number of nitrogens with zero attached hydrogens (tertiary/aromatic N) is 1. The van der Waals surface area contributed by atoms with Crippen molar-refractivity contribution in [2.75, 3.05) is 13.1 Å². The van der Waals surface area contributed by atoms with Crippen LogP contribution in [0.5, 0.6) is 0 Å². The minimum absolute atomic E-state index is 0.249. The van der Waals surface area contributed by atoms with Crippen LogP contribution in [0.2, 0.25) is 0 Å². The molecule has 2 atom stereocenters. The molecule has 0 saturated carbocycles. The van der Waals surface area contributed by atoms with Crippen LogP contribution < -0.4 is 0 Å². The van der Waals surface area contributed by atoms with Gasteiger partial charge in [-0.15, -0.1) is 0 Å². The molecule has 1 fully saturated rings. The highest BCUT2D eigenvalue weighted by Gasteiger charge is 2.24. The molecule has 3 nitrogen and oxygen atoms in total. The van der Waals surface area contributed by atoms with Gasteiger partial charge in [-0.3, -0.25) is 4.79 Å². The van der Waals surface area contributed by atoms with E-state index < -0.39 is 6.10 Å². The third kappa shape index (κ3) is 4.57. The van der Waals surface area contributed by atoms with Gasteiger partial charge < -0.3 is 10.0 Å². The Balaban J connectivity index is 1.86. The zero-order valence-corrected chi connectivity index (χ0v) is 13.2. The van der Waals surface area contributed by atoms with E-state index in [9.17, 15) is 9.90 Å². The van der Waals surface area contributed by atoms with Crippen molar-refractivity contribution in [2.24, 2.45) is 11.8 Å². The Morgan fingerprint density at radius 2 is 1.95 bits per heavy atom. The average Bonchev–Trinajstić information content (AvgIpc) is 2.68. The Bertz CT molecular complexity index is 444. The van der Waals surface area contributed by atoms with Crippen LogP contribution >= 0.6 is 0 Å². The number of carbonyl (C=O) groups excluding carboxylic acids is 1. The molecule has 1 aliphatic heterocycles. The van der Waals surface area contributed by atoms with Crippen LogP contribution in [-0.4, -0.2) is 29.0 Å². The molecule has 0 spiro atoms. The Hall–Kier alpha value is -1.35. The highest BCUT2D eigenvalue weighted by atomic mass is 16.3. The van der Waals surface area contributed by atoms with E-state index in [1.54, 1.807) is 0 Å². The molecule has 0 aliphatic carbocycles. The number of hydrogen-bond acceptors (Lipinski definition) is 2. The van der Waals surface area contributed by atoms with Crippen molar-refractivity contribution >= 4 is 5.91 Å². The first-order valence-electron chi connectivity index (χ1n) is 8.08. The van der Waals surface area contributed by atoms with E-state index in [1.165, 1.54) is 0 Å². The molecular weight excluding hydrogens is 262 g/mol. The van der Waals surface area contributed by atoms with Crippen LogP contribution in [0.25, 0.3) is 0 Å². The number of carbonyl (C=O) groups is 1.